The summed E-state index contributed by atoms with van der Waals surface area (Å²) in [6, 6.07) is 21.8. The lowest BCUT2D eigenvalue weighted by molar-refractivity contribution is 0.813. The van der Waals surface area contributed by atoms with Gasteiger partial charge in [-0.15, -0.1) is 0 Å². The van der Waals surface area contributed by atoms with Gasteiger partial charge in [0.2, 0.25) is 0 Å². The minimum Gasteiger partial charge on any atom is -0.361 e. The van der Waals surface area contributed by atoms with Crippen molar-refractivity contribution in [2.75, 3.05) is 0 Å². The second-order valence-electron chi connectivity index (χ2n) is 7.08. The molecule has 1 N–H and O–H groups in total. The molecule has 2 heterocycles. The van der Waals surface area contributed by atoms with Crippen molar-refractivity contribution in [3.05, 3.63) is 93.9 Å². The highest BCUT2D eigenvalue weighted by Gasteiger charge is 2.33. The molecule has 0 saturated heterocycles. The van der Waals surface area contributed by atoms with Gasteiger partial charge in [-0.3, -0.25) is 0 Å². The molecule has 0 spiro atoms. The average molecular weight is 412 g/mol. The highest BCUT2D eigenvalue weighted by molar-refractivity contribution is 6.30. The molecule has 0 amide bonds. The maximum atomic E-state index is 9.89. The summed E-state index contributed by atoms with van der Waals surface area (Å²) in [5.74, 6) is -0.507. The maximum absolute atomic E-state index is 9.89. The summed E-state index contributed by atoms with van der Waals surface area (Å²) in [5.41, 5.74) is 5.69. The molecule has 5 nitrogen and oxygen atoms in total. The van der Waals surface area contributed by atoms with Crippen LogP contribution in [-0.4, -0.2) is 9.78 Å². The summed E-state index contributed by atoms with van der Waals surface area (Å²) in [6.45, 7) is 3.70. The van der Waals surface area contributed by atoms with E-state index in [-0.39, 0.29) is 0 Å². The first-order chi connectivity index (χ1) is 14.5. The molecule has 0 fully saturated rings. The zero-order valence-electron chi connectivity index (χ0n) is 16.5. The van der Waals surface area contributed by atoms with Crippen LogP contribution in [0, 0.1) is 22.7 Å². The van der Waals surface area contributed by atoms with Crippen molar-refractivity contribution >= 4 is 11.6 Å². The zero-order chi connectivity index (χ0) is 21.3. The second-order valence-corrected chi connectivity index (χ2v) is 7.52. The van der Waals surface area contributed by atoms with Gasteiger partial charge in [0, 0.05) is 33.7 Å². The number of nitriles is 2. The summed E-state index contributed by atoms with van der Waals surface area (Å²) in [5, 5.41) is 28.4. The van der Waals surface area contributed by atoms with Crippen LogP contribution in [-0.2, 0) is 0 Å². The lowest BCUT2D eigenvalue weighted by Gasteiger charge is -2.25. The summed E-state index contributed by atoms with van der Waals surface area (Å²) in [4.78, 5) is 0. The van der Waals surface area contributed by atoms with E-state index in [0.717, 1.165) is 28.2 Å². The number of benzene rings is 2. The average Bonchev–Trinajstić information content (AvgIpc) is 3.19. The third kappa shape index (κ3) is 3.37. The van der Waals surface area contributed by atoms with Gasteiger partial charge in [0.25, 0.3) is 0 Å². The van der Waals surface area contributed by atoms with Crippen LogP contribution in [0.3, 0.4) is 0 Å². The Morgan fingerprint density at radius 3 is 2.23 bits per heavy atom. The van der Waals surface area contributed by atoms with E-state index in [9.17, 15) is 10.5 Å². The molecule has 0 aliphatic carbocycles. The Bertz CT molecular complexity index is 1230. The number of hydrogen-bond acceptors (Lipinski definition) is 4. The molecule has 0 unspecified atom stereocenters. The van der Waals surface area contributed by atoms with E-state index >= 15 is 0 Å². The van der Waals surface area contributed by atoms with E-state index in [1.165, 1.54) is 0 Å². The molecular weight excluding hydrogens is 394 g/mol. The molecule has 0 saturated carbocycles. The van der Waals surface area contributed by atoms with Crippen molar-refractivity contribution in [1.29, 1.82) is 10.5 Å². The monoisotopic (exact) mass is 411 g/mol. The van der Waals surface area contributed by atoms with Crippen molar-refractivity contribution in [2.24, 2.45) is 0 Å². The fourth-order valence-corrected chi connectivity index (χ4v) is 3.96. The third-order valence-electron chi connectivity index (χ3n) is 5.17. The fourth-order valence-electron chi connectivity index (χ4n) is 3.77. The van der Waals surface area contributed by atoms with Gasteiger partial charge in [0.15, 0.2) is 0 Å². The standard InChI is InChI=1S/C24H18ClN5/c1-15-20(12-26)23(21(13-27)16(2)28-15)22-14-30(19-9-4-3-5-10-19)29-24(22)17-7-6-8-18(25)11-17/h3-11,14,23,28H,1-2H3. The Kier molecular flexibility index (Phi) is 5.14. The van der Waals surface area contributed by atoms with Crippen LogP contribution in [0.15, 0.2) is 83.3 Å². The molecule has 1 aliphatic heterocycles. The predicted octanol–water partition coefficient (Wildman–Crippen LogP) is 5.47. The number of para-hydroxylation sites is 1. The van der Waals surface area contributed by atoms with Crippen molar-refractivity contribution in [2.45, 2.75) is 19.8 Å². The number of rotatable bonds is 3. The van der Waals surface area contributed by atoms with Gasteiger partial charge in [-0.2, -0.15) is 15.6 Å². The molecule has 4 rings (SSSR count). The second kappa shape index (κ2) is 7.91. The summed E-state index contributed by atoms with van der Waals surface area (Å²) < 4.78 is 1.78. The van der Waals surface area contributed by atoms with E-state index in [4.69, 9.17) is 16.7 Å². The van der Waals surface area contributed by atoms with Crippen molar-refractivity contribution in [3.8, 4) is 29.1 Å². The zero-order valence-corrected chi connectivity index (χ0v) is 17.3. The van der Waals surface area contributed by atoms with Crippen molar-refractivity contribution in [3.63, 3.8) is 0 Å². The van der Waals surface area contributed by atoms with Gasteiger partial charge in [-0.25, -0.2) is 4.68 Å². The van der Waals surface area contributed by atoms with E-state index in [2.05, 4.69) is 17.5 Å². The predicted molar refractivity (Wildman–Crippen MR) is 117 cm³/mol. The Morgan fingerprint density at radius 1 is 0.967 bits per heavy atom. The minimum absolute atomic E-state index is 0.507. The van der Waals surface area contributed by atoms with Crippen LogP contribution < -0.4 is 5.32 Å². The van der Waals surface area contributed by atoms with Gasteiger partial charge >= 0.3 is 0 Å². The first-order valence-corrected chi connectivity index (χ1v) is 9.81. The summed E-state index contributed by atoms with van der Waals surface area (Å²) in [7, 11) is 0. The highest BCUT2D eigenvalue weighted by Crippen LogP contribution is 2.41. The van der Waals surface area contributed by atoms with Crippen LogP contribution in [0.4, 0.5) is 0 Å². The molecule has 0 bridgehead atoms. The quantitative estimate of drug-likeness (QED) is 0.619. The molecule has 30 heavy (non-hydrogen) atoms. The van der Waals surface area contributed by atoms with Crippen LogP contribution in [0.1, 0.15) is 25.3 Å². The number of aromatic nitrogens is 2. The molecule has 146 valence electrons. The number of halogens is 1. The normalized spacial score (nSPS) is 14.3. The van der Waals surface area contributed by atoms with Crippen LogP contribution in [0.5, 0.6) is 0 Å². The first-order valence-electron chi connectivity index (χ1n) is 9.43. The summed E-state index contributed by atoms with van der Waals surface area (Å²) >= 11 is 6.25. The summed E-state index contributed by atoms with van der Waals surface area (Å²) in [6.07, 6.45) is 1.90. The van der Waals surface area contributed by atoms with E-state index in [0.29, 0.717) is 21.9 Å². The molecule has 1 aliphatic rings. The smallest absolute Gasteiger partial charge is 0.0975 e. The molecular formula is C24H18ClN5. The van der Waals surface area contributed by atoms with Gasteiger partial charge in [0.1, 0.15) is 0 Å². The Morgan fingerprint density at radius 2 is 1.63 bits per heavy atom. The number of hydrogen-bond donors (Lipinski definition) is 1. The molecule has 2 aromatic carbocycles. The third-order valence-corrected chi connectivity index (χ3v) is 5.41. The van der Waals surface area contributed by atoms with Crippen LogP contribution in [0.25, 0.3) is 16.9 Å². The number of dihydropyridines is 1. The van der Waals surface area contributed by atoms with Crippen molar-refractivity contribution < 1.29 is 0 Å². The largest absolute Gasteiger partial charge is 0.361 e. The maximum Gasteiger partial charge on any atom is 0.0975 e. The molecule has 6 heteroatoms. The molecule has 0 atom stereocenters. The molecule has 1 aromatic heterocycles. The minimum atomic E-state index is -0.507. The highest BCUT2D eigenvalue weighted by atomic mass is 35.5. The van der Waals surface area contributed by atoms with E-state index < -0.39 is 5.92 Å². The van der Waals surface area contributed by atoms with Crippen LogP contribution >= 0.6 is 11.6 Å². The van der Waals surface area contributed by atoms with Crippen LogP contribution in [0.2, 0.25) is 5.02 Å². The Balaban J connectivity index is 2.01. The molecule has 0 radical (unpaired) electrons. The lowest BCUT2D eigenvalue weighted by Crippen LogP contribution is -2.23. The van der Waals surface area contributed by atoms with E-state index in [1.54, 1.807) is 10.7 Å². The first kappa shape index (κ1) is 19.5. The number of allylic oxidation sites excluding steroid dienone is 4. The van der Waals surface area contributed by atoms with Gasteiger partial charge in [-0.05, 0) is 38.1 Å². The Hall–Kier alpha value is -3.80. The topological polar surface area (TPSA) is 77.4 Å². The van der Waals surface area contributed by atoms with Gasteiger partial charge in [-0.1, -0.05) is 41.9 Å². The SMILES string of the molecule is CC1=C(C#N)C(c2cn(-c3ccccc3)nc2-c2cccc(Cl)c2)C(C#N)=C(C)N1. The van der Waals surface area contributed by atoms with Crippen molar-refractivity contribution in [1.82, 2.24) is 15.1 Å². The number of nitrogens with zero attached hydrogens (tertiary/aromatic N) is 4. The van der Waals surface area contributed by atoms with Gasteiger partial charge in [0.05, 0.1) is 40.6 Å². The fraction of sp³-hybridized carbons (Fsp3) is 0.125. The lowest BCUT2D eigenvalue weighted by atomic mass is 9.81. The van der Waals surface area contributed by atoms with Gasteiger partial charge < -0.3 is 5.32 Å². The van der Waals surface area contributed by atoms with E-state index in [1.807, 2.05) is 68.6 Å². The molecule has 3 aromatic rings. The number of nitrogens with one attached hydrogen (secondary N) is 1. The Labute approximate surface area is 180 Å².